The Morgan fingerprint density at radius 1 is 1.29 bits per heavy atom. The summed E-state index contributed by atoms with van der Waals surface area (Å²) < 4.78 is 6.70. The molecule has 0 atom stereocenters. The lowest BCUT2D eigenvalue weighted by molar-refractivity contribution is -0.385. The average molecular weight is 385 g/mol. The molecular weight excluding hydrogens is 374 g/mol. The van der Waals surface area contributed by atoms with E-state index in [0.29, 0.717) is 21.3 Å². The van der Waals surface area contributed by atoms with Gasteiger partial charge in [-0.15, -0.1) is 0 Å². The van der Waals surface area contributed by atoms with Crippen LogP contribution in [0.2, 0.25) is 0 Å². The van der Waals surface area contributed by atoms with Crippen molar-refractivity contribution in [3.63, 3.8) is 0 Å². The molecule has 1 rings (SSSR count). The Balaban J connectivity index is 2.76. The Labute approximate surface area is 122 Å². The van der Waals surface area contributed by atoms with E-state index in [9.17, 15) is 10.1 Å². The zero-order chi connectivity index (χ0) is 12.8. The lowest BCUT2D eigenvalue weighted by Crippen LogP contribution is -2.00. The quantitative estimate of drug-likeness (QED) is 0.346. The molecule has 0 N–H and O–H groups in total. The van der Waals surface area contributed by atoms with Crippen LogP contribution in [0.1, 0.15) is 12.8 Å². The number of benzene rings is 1. The zero-order valence-electron chi connectivity index (χ0n) is 8.86. The Kier molecular flexibility index (Phi) is 6.29. The van der Waals surface area contributed by atoms with Crippen molar-refractivity contribution in [1.82, 2.24) is 0 Å². The maximum absolute atomic E-state index is 10.6. The molecule has 0 aliphatic carbocycles. The molecule has 0 saturated carbocycles. The van der Waals surface area contributed by atoms with Crippen molar-refractivity contribution in [2.75, 3.05) is 12.4 Å². The van der Waals surface area contributed by atoms with Crippen LogP contribution in [0.15, 0.2) is 21.1 Å². The highest BCUT2D eigenvalue weighted by molar-refractivity contribution is 9.11. The highest BCUT2D eigenvalue weighted by Gasteiger charge is 2.14. The van der Waals surface area contributed by atoms with Gasteiger partial charge in [0.15, 0.2) is 0 Å². The van der Waals surface area contributed by atoms with Gasteiger partial charge in [-0.1, -0.05) is 0 Å². The Morgan fingerprint density at radius 3 is 2.35 bits per heavy atom. The van der Waals surface area contributed by atoms with E-state index < -0.39 is 4.92 Å². The van der Waals surface area contributed by atoms with Crippen LogP contribution in [-0.2, 0) is 0 Å². The molecule has 0 aliphatic heterocycles. The second kappa shape index (κ2) is 7.23. The van der Waals surface area contributed by atoms with E-state index in [1.54, 1.807) is 0 Å². The zero-order valence-corrected chi connectivity index (χ0v) is 12.9. The molecule has 94 valence electrons. The number of thiol groups is 1. The Bertz CT molecular complexity index is 392. The van der Waals surface area contributed by atoms with Crippen LogP contribution in [0.25, 0.3) is 0 Å². The maximum atomic E-state index is 10.6. The fraction of sp³-hybridized carbons (Fsp3) is 0.400. The Hall–Kier alpha value is -0.270. The molecule has 0 unspecified atom stereocenters. The molecule has 0 bridgehead atoms. The summed E-state index contributed by atoms with van der Waals surface area (Å²) in [6.45, 7) is 0.565. The number of hydrogen-bond acceptors (Lipinski definition) is 4. The summed E-state index contributed by atoms with van der Waals surface area (Å²) in [6.07, 6.45) is 1.88. The van der Waals surface area contributed by atoms with Crippen molar-refractivity contribution in [1.29, 1.82) is 0 Å². The minimum absolute atomic E-state index is 0.0199. The minimum Gasteiger partial charge on any atom is -0.491 e. The molecule has 1 aromatic carbocycles. The third kappa shape index (κ3) is 4.48. The average Bonchev–Trinajstić information content (AvgIpc) is 2.26. The first kappa shape index (κ1) is 14.8. The van der Waals surface area contributed by atoms with Crippen molar-refractivity contribution in [3.8, 4) is 5.75 Å². The summed E-state index contributed by atoms with van der Waals surface area (Å²) in [5, 5.41) is 10.6. The SMILES string of the molecule is O=[N+]([O-])c1cc(Br)c(OCCCCS)c(Br)c1. The molecule has 0 aliphatic rings. The molecule has 17 heavy (non-hydrogen) atoms. The summed E-state index contributed by atoms with van der Waals surface area (Å²) in [6, 6.07) is 2.86. The van der Waals surface area contributed by atoms with E-state index in [0.717, 1.165) is 18.6 Å². The third-order valence-electron chi connectivity index (χ3n) is 1.99. The van der Waals surface area contributed by atoms with Gasteiger partial charge in [-0.2, -0.15) is 12.6 Å². The summed E-state index contributed by atoms with van der Waals surface area (Å²) >= 11 is 10.6. The summed E-state index contributed by atoms with van der Waals surface area (Å²) in [5.74, 6) is 1.42. The van der Waals surface area contributed by atoms with Crippen molar-refractivity contribution < 1.29 is 9.66 Å². The molecule has 1 aromatic rings. The largest absolute Gasteiger partial charge is 0.491 e. The smallest absolute Gasteiger partial charge is 0.271 e. The van der Waals surface area contributed by atoms with Crippen LogP contribution in [0, 0.1) is 10.1 Å². The highest BCUT2D eigenvalue weighted by Crippen LogP contribution is 2.37. The molecule has 0 heterocycles. The maximum Gasteiger partial charge on any atom is 0.271 e. The summed E-state index contributed by atoms with van der Waals surface area (Å²) in [7, 11) is 0. The monoisotopic (exact) mass is 383 g/mol. The van der Waals surface area contributed by atoms with Gasteiger partial charge in [-0.3, -0.25) is 10.1 Å². The van der Waals surface area contributed by atoms with Gasteiger partial charge in [0.05, 0.1) is 20.5 Å². The van der Waals surface area contributed by atoms with E-state index in [1.807, 2.05) is 0 Å². The van der Waals surface area contributed by atoms with Gasteiger partial charge in [0.25, 0.3) is 5.69 Å². The molecule has 7 heteroatoms. The molecule has 0 fully saturated rings. The molecular formula is C10H11Br2NO3S. The van der Waals surface area contributed by atoms with E-state index in [4.69, 9.17) is 4.74 Å². The van der Waals surface area contributed by atoms with Gasteiger partial charge in [0.1, 0.15) is 5.75 Å². The van der Waals surface area contributed by atoms with Crippen LogP contribution in [0.5, 0.6) is 5.75 Å². The van der Waals surface area contributed by atoms with Gasteiger partial charge in [0.2, 0.25) is 0 Å². The number of halogens is 2. The van der Waals surface area contributed by atoms with Gasteiger partial charge >= 0.3 is 0 Å². The Morgan fingerprint density at radius 2 is 1.88 bits per heavy atom. The topological polar surface area (TPSA) is 52.4 Å². The fourth-order valence-corrected chi connectivity index (χ4v) is 2.79. The molecule has 0 radical (unpaired) electrons. The van der Waals surface area contributed by atoms with Gasteiger partial charge < -0.3 is 4.74 Å². The molecule has 4 nitrogen and oxygen atoms in total. The first-order valence-corrected chi connectivity index (χ1v) is 7.15. The number of rotatable bonds is 6. The van der Waals surface area contributed by atoms with E-state index in [2.05, 4.69) is 44.5 Å². The summed E-state index contributed by atoms with van der Waals surface area (Å²) in [5.41, 5.74) is 0.0199. The molecule has 0 spiro atoms. The molecule has 0 saturated heterocycles. The van der Waals surface area contributed by atoms with Crippen LogP contribution in [0.3, 0.4) is 0 Å². The predicted octanol–water partition coefficient (Wildman–Crippen LogP) is 4.21. The van der Waals surface area contributed by atoms with Crippen molar-refractivity contribution in [3.05, 3.63) is 31.2 Å². The predicted molar refractivity (Wildman–Crippen MR) is 77.1 cm³/mol. The minimum atomic E-state index is -0.444. The highest BCUT2D eigenvalue weighted by atomic mass is 79.9. The second-order valence-corrected chi connectivity index (χ2v) is 5.43. The van der Waals surface area contributed by atoms with E-state index in [1.165, 1.54) is 12.1 Å². The number of non-ortho nitro benzene ring substituents is 1. The lowest BCUT2D eigenvalue weighted by Gasteiger charge is -2.09. The number of hydrogen-bond donors (Lipinski definition) is 1. The number of nitro groups is 1. The van der Waals surface area contributed by atoms with Crippen molar-refractivity contribution in [2.45, 2.75) is 12.8 Å². The number of unbranched alkanes of at least 4 members (excludes halogenated alkanes) is 1. The van der Waals surface area contributed by atoms with Crippen LogP contribution in [0.4, 0.5) is 5.69 Å². The summed E-state index contributed by atoms with van der Waals surface area (Å²) in [4.78, 5) is 10.2. The van der Waals surface area contributed by atoms with Crippen molar-refractivity contribution >= 4 is 50.2 Å². The number of nitro benzene ring substituents is 1. The first-order valence-electron chi connectivity index (χ1n) is 4.93. The molecule has 0 amide bonds. The van der Waals surface area contributed by atoms with Gasteiger partial charge in [-0.05, 0) is 50.5 Å². The van der Waals surface area contributed by atoms with Gasteiger partial charge in [0, 0.05) is 12.1 Å². The molecule has 0 aromatic heterocycles. The second-order valence-electron chi connectivity index (χ2n) is 3.27. The van der Waals surface area contributed by atoms with Crippen LogP contribution < -0.4 is 4.74 Å². The van der Waals surface area contributed by atoms with E-state index in [-0.39, 0.29) is 5.69 Å². The third-order valence-corrected chi connectivity index (χ3v) is 3.49. The first-order chi connectivity index (χ1) is 8.06. The lowest BCUT2D eigenvalue weighted by atomic mass is 10.3. The van der Waals surface area contributed by atoms with Crippen molar-refractivity contribution in [2.24, 2.45) is 0 Å². The van der Waals surface area contributed by atoms with Crippen LogP contribution >= 0.6 is 44.5 Å². The fourth-order valence-electron chi connectivity index (χ4n) is 1.18. The van der Waals surface area contributed by atoms with Gasteiger partial charge in [-0.25, -0.2) is 0 Å². The number of ether oxygens (including phenoxy) is 1. The van der Waals surface area contributed by atoms with Crippen LogP contribution in [-0.4, -0.2) is 17.3 Å². The normalized spacial score (nSPS) is 10.3. The standard InChI is InChI=1S/C10H11Br2NO3S/c11-8-5-7(13(14)15)6-9(12)10(8)16-3-1-2-4-17/h5-6,17H,1-4H2. The number of nitrogens with zero attached hydrogens (tertiary/aromatic N) is 1. The van der Waals surface area contributed by atoms with E-state index >= 15 is 0 Å².